The number of rotatable bonds is 3. The van der Waals surface area contributed by atoms with Crippen LogP contribution in [0.3, 0.4) is 0 Å². The van der Waals surface area contributed by atoms with Gasteiger partial charge in [0.1, 0.15) is 5.69 Å². The van der Waals surface area contributed by atoms with Gasteiger partial charge >= 0.3 is 5.76 Å². The number of hydrogen-bond acceptors (Lipinski definition) is 4. The van der Waals surface area contributed by atoms with Crippen LogP contribution in [0.1, 0.15) is 10.5 Å². The van der Waals surface area contributed by atoms with Crippen molar-refractivity contribution in [2.24, 2.45) is 7.05 Å². The third-order valence-electron chi connectivity index (χ3n) is 4.16. The summed E-state index contributed by atoms with van der Waals surface area (Å²) in [4.78, 5) is 26.6. The maximum atomic E-state index is 12.9. The molecule has 2 aromatic heterocycles. The highest BCUT2D eigenvalue weighted by Crippen LogP contribution is 2.30. The van der Waals surface area contributed by atoms with E-state index in [0.717, 1.165) is 15.4 Å². The van der Waals surface area contributed by atoms with Crippen LogP contribution in [0.2, 0.25) is 5.02 Å². The summed E-state index contributed by atoms with van der Waals surface area (Å²) in [5.41, 5.74) is 2.28. The molecule has 0 saturated carbocycles. The number of benzene rings is 2. The molecule has 136 valence electrons. The van der Waals surface area contributed by atoms with Crippen molar-refractivity contribution in [1.29, 1.82) is 0 Å². The van der Waals surface area contributed by atoms with Crippen LogP contribution in [0, 0.1) is 0 Å². The topological polar surface area (TPSA) is 92.9 Å². The summed E-state index contributed by atoms with van der Waals surface area (Å²) in [5, 5.41) is 7.88. The lowest BCUT2D eigenvalue weighted by molar-refractivity contribution is 0.102. The third kappa shape index (κ3) is 3.17. The molecule has 0 aliphatic heterocycles. The maximum Gasteiger partial charge on any atom is 0.439 e. The van der Waals surface area contributed by atoms with Crippen molar-refractivity contribution in [3.63, 3.8) is 0 Å². The van der Waals surface area contributed by atoms with E-state index in [4.69, 9.17) is 11.6 Å². The molecule has 0 spiro atoms. The second-order valence-electron chi connectivity index (χ2n) is 5.85. The summed E-state index contributed by atoms with van der Waals surface area (Å²) < 4.78 is 7.25. The number of carbonyl (C=O) groups excluding carboxylic acids is 1. The number of nitrogens with one attached hydrogen (secondary N) is 2. The fraction of sp³-hybridized carbons (Fsp3) is 0.0556. The Bertz CT molecular complexity index is 1240. The number of halogens is 2. The van der Waals surface area contributed by atoms with Gasteiger partial charge in [0.15, 0.2) is 5.82 Å². The van der Waals surface area contributed by atoms with Gasteiger partial charge < -0.3 is 9.88 Å². The minimum atomic E-state index is -0.694. The zero-order chi connectivity index (χ0) is 19.1. The minimum Gasteiger partial charge on any atom is -0.339 e. The minimum absolute atomic E-state index is 0.178. The Balaban J connectivity index is 1.75. The average Bonchev–Trinajstić information content (AvgIpc) is 3.21. The van der Waals surface area contributed by atoms with Crippen molar-refractivity contribution in [1.82, 2.24) is 14.7 Å². The molecule has 1 amide bonds. The third-order valence-corrected chi connectivity index (χ3v) is 5.04. The van der Waals surface area contributed by atoms with Crippen LogP contribution in [0.5, 0.6) is 0 Å². The summed E-state index contributed by atoms with van der Waals surface area (Å²) in [6.07, 6.45) is 0. The lowest BCUT2D eigenvalue weighted by Crippen LogP contribution is -2.16. The number of aryl methyl sites for hydroxylation is 1. The van der Waals surface area contributed by atoms with Gasteiger partial charge in [-0.1, -0.05) is 28.9 Å². The average molecular weight is 448 g/mol. The first-order valence-corrected chi connectivity index (χ1v) is 9.02. The molecule has 0 saturated heterocycles. The van der Waals surface area contributed by atoms with Crippen LogP contribution in [-0.2, 0) is 7.05 Å². The predicted molar refractivity (Wildman–Crippen MR) is 106 cm³/mol. The smallest absolute Gasteiger partial charge is 0.339 e. The van der Waals surface area contributed by atoms with E-state index in [1.165, 1.54) is 0 Å². The summed E-state index contributed by atoms with van der Waals surface area (Å²) in [6.45, 7) is 0. The van der Waals surface area contributed by atoms with Crippen LogP contribution < -0.4 is 11.1 Å². The normalized spacial score (nSPS) is 11.1. The van der Waals surface area contributed by atoms with E-state index in [0.29, 0.717) is 22.0 Å². The number of aromatic nitrogens is 3. The second kappa shape index (κ2) is 6.71. The van der Waals surface area contributed by atoms with Gasteiger partial charge in [-0.05, 0) is 46.3 Å². The number of para-hydroxylation sites is 1. The standard InChI is InChI=1S/C18H12BrClN4O3/c1-24-14(7-9-3-2-4-12(19)15(9)24)17(25)21-13-6-5-10(20)8-11(13)16-22-18(26)27-23-16/h2-8H,1H3,(H,21,25)(H,22,23,26). The van der Waals surface area contributed by atoms with E-state index in [2.05, 4.69) is 35.9 Å². The number of H-pyrrole nitrogens is 1. The SMILES string of the molecule is Cn1c(C(=O)Nc2ccc(Cl)cc2-c2noc(=O)[nH]2)cc2cccc(Br)c21. The Hall–Kier alpha value is -2.84. The number of anilines is 1. The zero-order valence-electron chi connectivity index (χ0n) is 13.9. The summed E-state index contributed by atoms with van der Waals surface area (Å²) in [5.74, 6) is -0.826. The molecule has 0 fully saturated rings. The van der Waals surface area contributed by atoms with Crippen molar-refractivity contribution < 1.29 is 9.32 Å². The Morgan fingerprint density at radius 2 is 2.11 bits per heavy atom. The molecular formula is C18H12BrClN4O3. The first kappa shape index (κ1) is 17.6. The largest absolute Gasteiger partial charge is 0.439 e. The van der Waals surface area contributed by atoms with Crippen LogP contribution >= 0.6 is 27.5 Å². The number of nitrogens with zero attached hydrogens (tertiary/aromatic N) is 2. The van der Waals surface area contributed by atoms with Gasteiger partial charge in [0.2, 0.25) is 0 Å². The number of aromatic amines is 1. The lowest BCUT2D eigenvalue weighted by atomic mass is 10.1. The molecule has 27 heavy (non-hydrogen) atoms. The highest BCUT2D eigenvalue weighted by molar-refractivity contribution is 9.10. The first-order valence-electron chi connectivity index (χ1n) is 7.85. The molecule has 0 aliphatic carbocycles. The highest BCUT2D eigenvalue weighted by Gasteiger charge is 2.18. The molecule has 7 nitrogen and oxygen atoms in total. The summed E-state index contributed by atoms with van der Waals surface area (Å²) >= 11 is 9.56. The molecular weight excluding hydrogens is 436 g/mol. The Kier molecular flexibility index (Phi) is 4.37. The van der Waals surface area contributed by atoms with Crippen LogP contribution in [0.4, 0.5) is 5.69 Å². The van der Waals surface area contributed by atoms with Gasteiger partial charge in [-0.15, -0.1) is 0 Å². The van der Waals surface area contributed by atoms with E-state index in [1.807, 2.05) is 35.9 Å². The molecule has 2 aromatic carbocycles. The van der Waals surface area contributed by atoms with Gasteiger partial charge in [-0.2, -0.15) is 0 Å². The van der Waals surface area contributed by atoms with Gasteiger partial charge in [-0.3, -0.25) is 14.3 Å². The molecule has 0 bridgehead atoms. The lowest BCUT2D eigenvalue weighted by Gasteiger charge is -2.10. The van der Waals surface area contributed by atoms with Crippen molar-refractivity contribution in [3.05, 3.63) is 68.2 Å². The molecule has 0 unspecified atom stereocenters. The van der Waals surface area contributed by atoms with Crippen molar-refractivity contribution in [2.75, 3.05) is 5.32 Å². The molecule has 9 heteroatoms. The summed E-state index contributed by atoms with van der Waals surface area (Å²) in [6, 6.07) is 12.4. The monoisotopic (exact) mass is 446 g/mol. The van der Waals surface area contributed by atoms with Crippen molar-refractivity contribution >= 4 is 50.0 Å². The van der Waals surface area contributed by atoms with Crippen molar-refractivity contribution in [3.8, 4) is 11.4 Å². The van der Waals surface area contributed by atoms with E-state index in [1.54, 1.807) is 18.2 Å². The Morgan fingerprint density at radius 3 is 2.81 bits per heavy atom. The van der Waals surface area contributed by atoms with E-state index >= 15 is 0 Å². The van der Waals surface area contributed by atoms with E-state index < -0.39 is 5.76 Å². The molecule has 0 atom stereocenters. The number of amides is 1. The molecule has 4 aromatic rings. The Morgan fingerprint density at radius 1 is 1.30 bits per heavy atom. The summed E-state index contributed by atoms with van der Waals surface area (Å²) in [7, 11) is 1.82. The molecule has 2 heterocycles. The number of fused-ring (bicyclic) bond motifs is 1. The van der Waals surface area contributed by atoms with Crippen molar-refractivity contribution in [2.45, 2.75) is 0 Å². The number of hydrogen-bond donors (Lipinski definition) is 2. The van der Waals surface area contributed by atoms with Gasteiger partial charge in [0.05, 0.1) is 11.2 Å². The van der Waals surface area contributed by atoms with E-state index in [-0.39, 0.29) is 11.7 Å². The Labute approximate surface area is 166 Å². The van der Waals surface area contributed by atoms with Crippen LogP contribution in [0.25, 0.3) is 22.3 Å². The van der Waals surface area contributed by atoms with E-state index in [9.17, 15) is 9.59 Å². The fourth-order valence-corrected chi connectivity index (χ4v) is 3.76. The van der Waals surface area contributed by atoms with Gasteiger partial charge in [0.25, 0.3) is 5.91 Å². The molecule has 0 aliphatic rings. The second-order valence-corrected chi connectivity index (χ2v) is 7.14. The zero-order valence-corrected chi connectivity index (χ0v) is 16.3. The predicted octanol–water partition coefficient (Wildman–Crippen LogP) is 4.19. The number of carbonyl (C=O) groups is 1. The maximum absolute atomic E-state index is 12.9. The highest BCUT2D eigenvalue weighted by atomic mass is 79.9. The fourth-order valence-electron chi connectivity index (χ4n) is 2.94. The first-order chi connectivity index (χ1) is 12.9. The molecule has 4 rings (SSSR count). The van der Waals surface area contributed by atoms with Gasteiger partial charge in [-0.25, -0.2) is 4.79 Å². The quantitative estimate of drug-likeness (QED) is 0.492. The van der Waals surface area contributed by atoms with Crippen LogP contribution in [-0.4, -0.2) is 20.6 Å². The molecule has 2 N–H and O–H groups in total. The molecule has 0 radical (unpaired) electrons. The van der Waals surface area contributed by atoms with Crippen LogP contribution in [0.15, 0.2) is 56.3 Å². The van der Waals surface area contributed by atoms with Gasteiger partial charge in [0, 0.05) is 27.5 Å².